The molecule has 2 nitrogen and oxygen atoms in total. The maximum Gasteiger partial charge on any atom is 0.120 e. The molecule has 0 aliphatic heterocycles. The van der Waals surface area contributed by atoms with Crippen LogP contribution in [0.1, 0.15) is 37.5 Å². The van der Waals surface area contributed by atoms with Crippen LogP contribution >= 0.6 is 0 Å². The van der Waals surface area contributed by atoms with Gasteiger partial charge in [0.2, 0.25) is 0 Å². The van der Waals surface area contributed by atoms with Gasteiger partial charge in [0.15, 0.2) is 0 Å². The summed E-state index contributed by atoms with van der Waals surface area (Å²) in [5.74, 6) is 0.920. The van der Waals surface area contributed by atoms with Crippen molar-refractivity contribution in [2.24, 2.45) is 0 Å². The summed E-state index contributed by atoms with van der Waals surface area (Å²) in [6, 6.07) is 16.7. The highest BCUT2D eigenvalue weighted by Crippen LogP contribution is 2.16. The number of ether oxygens (including phenoxy) is 1. The van der Waals surface area contributed by atoms with Crippen molar-refractivity contribution in [3.63, 3.8) is 0 Å². The smallest absolute Gasteiger partial charge is 0.120 e. The Morgan fingerprint density at radius 1 is 0.952 bits per heavy atom. The SMILES string of the molecule is Cc1ccc(COc2cccc(CNC(C)(C)C)c2)cc1. The summed E-state index contributed by atoms with van der Waals surface area (Å²) in [6.45, 7) is 10.1. The van der Waals surface area contributed by atoms with Gasteiger partial charge < -0.3 is 10.1 Å². The first-order chi connectivity index (χ1) is 9.92. The lowest BCUT2D eigenvalue weighted by molar-refractivity contribution is 0.305. The third-order valence-electron chi connectivity index (χ3n) is 3.25. The third kappa shape index (κ3) is 5.60. The molecule has 0 bridgehead atoms. The molecule has 0 radical (unpaired) electrons. The molecule has 0 aliphatic carbocycles. The molecule has 0 spiro atoms. The van der Waals surface area contributed by atoms with Crippen molar-refractivity contribution in [1.29, 1.82) is 0 Å². The molecule has 0 heterocycles. The van der Waals surface area contributed by atoms with Gasteiger partial charge in [0, 0.05) is 12.1 Å². The second-order valence-corrected chi connectivity index (χ2v) is 6.53. The van der Waals surface area contributed by atoms with Crippen LogP contribution in [0.25, 0.3) is 0 Å². The molecule has 1 N–H and O–H groups in total. The lowest BCUT2D eigenvalue weighted by Crippen LogP contribution is -2.35. The fraction of sp³-hybridized carbons (Fsp3) is 0.368. The first-order valence-corrected chi connectivity index (χ1v) is 7.45. The summed E-state index contributed by atoms with van der Waals surface area (Å²) in [4.78, 5) is 0. The maximum absolute atomic E-state index is 5.88. The molecule has 2 aromatic rings. The summed E-state index contributed by atoms with van der Waals surface area (Å²) in [6.07, 6.45) is 0. The zero-order valence-electron chi connectivity index (χ0n) is 13.4. The molecule has 2 heteroatoms. The molecule has 0 atom stereocenters. The lowest BCUT2D eigenvalue weighted by Gasteiger charge is -2.20. The highest BCUT2D eigenvalue weighted by Gasteiger charge is 2.08. The molecule has 2 rings (SSSR count). The number of benzene rings is 2. The molecule has 0 amide bonds. The van der Waals surface area contributed by atoms with Crippen LogP contribution in [0.4, 0.5) is 0 Å². The monoisotopic (exact) mass is 283 g/mol. The van der Waals surface area contributed by atoms with Gasteiger partial charge in [-0.15, -0.1) is 0 Å². The predicted octanol–water partition coefficient (Wildman–Crippen LogP) is 4.46. The Kier molecular flexibility index (Phi) is 5.03. The maximum atomic E-state index is 5.88. The molecule has 2 aromatic carbocycles. The van der Waals surface area contributed by atoms with Gasteiger partial charge >= 0.3 is 0 Å². The van der Waals surface area contributed by atoms with E-state index in [1.165, 1.54) is 16.7 Å². The fourth-order valence-electron chi connectivity index (χ4n) is 1.96. The number of nitrogens with one attached hydrogen (secondary N) is 1. The molecule has 0 saturated carbocycles. The van der Waals surface area contributed by atoms with E-state index in [0.717, 1.165) is 12.3 Å². The molecule has 0 saturated heterocycles. The van der Waals surface area contributed by atoms with Gasteiger partial charge in [0.1, 0.15) is 12.4 Å². The second-order valence-electron chi connectivity index (χ2n) is 6.53. The van der Waals surface area contributed by atoms with Crippen molar-refractivity contribution in [3.05, 3.63) is 65.2 Å². The Balaban J connectivity index is 1.93. The van der Waals surface area contributed by atoms with E-state index >= 15 is 0 Å². The van der Waals surface area contributed by atoms with E-state index in [9.17, 15) is 0 Å². The summed E-state index contributed by atoms with van der Waals surface area (Å²) < 4.78 is 5.88. The minimum absolute atomic E-state index is 0.124. The lowest BCUT2D eigenvalue weighted by atomic mass is 10.1. The Morgan fingerprint density at radius 3 is 2.33 bits per heavy atom. The largest absolute Gasteiger partial charge is 0.489 e. The van der Waals surface area contributed by atoms with Crippen molar-refractivity contribution < 1.29 is 4.74 Å². The minimum Gasteiger partial charge on any atom is -0.489 e. The van der Waals surface area contributed by atoms with Crippen molar-refractivity contribution in [2.45, 2.75) is 46.4 Å². The molecule has 21 heavy (non-hydrogen) atoms. The normalized spacial score (nSPS) is 11.4. The summed E-state index contributed by atoms with van der Waals surface area (Å²) in [5.41, 5.74) is 3.83. The highest BCUT2D eigenvalue weighted by atomic mass is 16.5. The van der Waals surface area contributed by atoms with Gasteiger partial charge in [-0.3, -0.25) is 0 Å². The van der Waals surface area contributed by atoms with Crippen molar-refractivity contribution in [1.82, 2.24) is 5.32 Å². The van der Waals surface area contributed by atoms with Gasteiger partial charge in [-0.1, -0.05) is 42.0 Å². The van der Waals surface area contributed by atoms with Crippen LogP contribution < -0.4 is 10.1 Å². The van der Waals surface area contributed by atoms with Gasteiger partial charge in [-0.05, 0) is 51.0 Å². The molecular weight excluding hydrogens is 258 g/mol. The zero-order valence-corrected chi connectivity index (χ0v) is 13.4. The topological polar surface area (TPSA) is 21.3 Å². The number of hydrogen-bond acceptors (Lipinski definition) is 2. The van der Waals surface area contributed by atoms with Crippen molar-refractivity contribution in [2.75, 3.05) is 0 Å². The van der Waals surface area contributed by atoms with Gasteiger partial charge in [-0.2, -0.15) is 0 Å². The van der Waals surface area contributed by atoms with Crippen molar-refractivity contribution in [3.8, 4) is 5.75 Å². The van der Waals surface area contributed by atoms with Crippen LogP contribution in [0.15, 0.2) is 48.5 Å². The molecule has 0 aromatic heterocycles. The van der Waals surface area contributed by atoms with E-state index in [-0.39, 0.29) is 5.54 Å². The molecule has 112 valence electrons. The highest BCUT2D eigenvalue weighted by molar-refractivity contribution is 5.29. The summed E-state index contributed by atoms with van der Waals surface area (Å²) >= 11 is 0. The Bertz CT molecular complexity index is 567. The number of hydrogen-bond donors (Lipinski definition) is 1. The first kappa shape index (κ1) is 15.6. The minimum atomic E-state index is 0.124. The average molecular weight is 283 g/mol. The second kappa shape index (κ2) is 6.77. The van der Waals surface area contributed by atoms with E-state index in [1.807, 2.05) is 12.1 Å². The molecular formula is C19H25NO. The fourth-order valence-corrected chi connectivity index (χ4v) is 1.96. The van der Waals surface area contributed by atoms with Crippen molar-refractivity contribution >= 4 is 0 Å². The standard InChI is InChI=1S/C19H25NO/c1-15-8-10-16(11-9-15)14-21-18-7-5-6-17(12-18)13-20-19(2,3)4/h5-12,20H,13-14H2,1-4H3. The molecule has 0 unspecified atom stereocenters. The quantitative estimate of drug-likeness (QED) is 0.874. The van der Waals surface area contributed by atoms with E-state index in [2.05, 4.69) is 69.4 Å². The van der Waals surface area contributed by atoms with Gasteiger partial charge in [-0.25, -0.2) is 0 Å². The van der Waals surface area contributed by atoms with E-state index in [1.54, 1.807) is 0 Å². The van der Waals surface area contributed by atoms with Gasteiger partial charge in [0.25, 0.3) is 0 Å². The van der Waals surface area contributed by atoms with Crippen LogP contribution in [0, 0.1) is 6.92 Å². The first-order valence-electron chi connectivity index (χ1n) is 7.45. The molecule has 0 fully saturated rings. The Labute approximate surface area is 128 Å². The summed E-state index contributed by atoms with van der Waals surface area (Å²) in [7, 11) is 0. The van der Waals surface area contributed by atoms with Crippen LogP contribution in [0.2, 0.25) is 0 Å². The van der Waals surface area contributed by atoms with E-state index in [0.29, 0.717) is 6.61 Å². The third-order valence-corrected chi connectivity index (χ3v) is 3.25. The zero-order chi connectivity index (χ0) is 15.3. The number of aryl methyl sites for hydroxylation is 1. The van der Waals surface area contributed by atoms with Gasteiger partial charge in [0.05, 0.1) is 0 Å². The van der Waals surface area contributed by atoms with Crippen LogP contribution in [-0.4, -0.2) is 5.54 Å². The van der Waals surface area contributed by atoms with Crippen LogP contribution in [0.3, 0.4) is 0 Å². The van der Waals surface area contributed by atoms with Crippen LogP contribution in [0.5, 0.6) is 5.75 Å². The number of rotatable bonds is 5. The Hall–Kier alpha value is -1.80. The van der Waals surface area contributed by atoms with Crippen LogP contribution in [-0.2, 0) is 13.2 Å². The average Bonchev–Trinajstić information content (AvgIpc) is 2.44. The van der Waals surface area contributed by atoms with E-state index in [4.69, 9.17) is 4.74 Å². The summed E-state index contributed by atoms with van der Waals surface area (Å²) in [5, 5.41) is 3.49. The van der Waals surface area contributed by atoms with E-state index < -0.39 is 0 Å². The Morgan fingerprint density at radius 2 is 1.67 bits per heavy atom. The molecule has 0 aliphatic rings. The predicted molar refractivity (Wildman–Crippen MR) is 88.5 cm³/mol.